The maximum Gasteiger partial charge on any atom is 0.309 e. The Morgan fingerprint density at radius 2 is 1.81 bits per heavy atom. The molecule has 2 N–H and O–H groups in total. The first kappa shape index (κ1) is 20.3. The summed E-state index contributed by atoms with van der Waals surface area (Å²) in [6.07, 6.45) is 4.40. The van der Waals surface area contributed by atoms with Gasteiger partial charge in [-0.1, -0.05) is 29.8 Å². The molecule has 0 saturated heterocycles. The summed E-state index contributed by atoms with van der Waals surface area (Å²) in [4.78, 5) is 27.7. The van der Waals surface area contributed by atoms with Crippen molar-refractivity contribution in [3.63, 3.8) is 0 Å². The molecule has 2 aromatic rings. The number of aromatic nitrogens is 1. The lowest BCUT2D eigenvalue weighted by Gasteiger charge is -2.18. The summed E-state index contributed by atoms with van der Waals surface area (Å²) >= 11 is 0. The molecule has 0 aliphatic carbocycles. The summed E-state index contributed by atoms with van der Waals surface area (Å²) in [5, 5.41) is 3.65. The summed E-state index contributed by atoms with van der Waals surface area (Å²) in [6, 6.07) is 9.68. The van der Waals surface area contributed by atoms with Gasteiger partial charge in [-0.2, -0.15) is 0 Å². The van der Waals surface area contributed by atoms with E-state index in [1.807, 2.05) is 6.92 Å². The van der Waals surface area contributed by atoms with Crippen molar-refractivity contribution in [1.82, 2.24) is 15.6 Å². The Morgan fingerprint density at radius 3 is 2.41 bits per heavy atom. The standard InChI is InChI=1S/C19H21N3O4S/c1-3-10-21-18(23)19(24)22-13-17(15-5-4-11-20-12-15)27(25,26)16-8-6-14(2)7-9-16/h3-9,11-12,17H,1,10,13H2,2H3,(H,21,23)(H,22,24)/t17-/m1/s1. The molecule has 8 heteroatoms. The lowest BCUT2D eigenvalue weighted by atomic mass is 10.2. The van der Waals surface area contributed by atoms with Crippen LogP contribution >= 0.6 is 0 Å². The summed E-state index contributed by atoms with van der Waals surface area (Å²) in [5.41, 5.74) is 1.35. The number of amides is 2. The highest BCUT2D eigenvalue weighted by atomic mass is 32.2. The smallest absolute Gasteiger partial charge is 0.309 e. The minimum Gasteiger partial charge on any atom is -0.346 e. The molecule has 2 rings (SSSR count). The van der Waals surface area contributed by atoms with Crippen LogP contribution in [0.5, 0.6) is 0 Å². The number of hydrogen-bond acceptors (Lipinski definition) is 5. The molecular formula is C19H21N3O4S. The minimum absolute atomic E-state index is 0.132. The number of pyridine rings is 1. The second kappa shape index (κ2) is 9.09. The predicted octanol–water partition coefficient (Wildman–Crippen LogP) is 1.32. The van der Waals surface area contributed by atoms with Gasteiger partial charge in [0, 0.05) is 25.5 Å². The van der Waals surface area contributed by atoms with Crippen molar-refractivity contribution in [3.8, 4) is 0 Å². The van der Waals surface area contributed by atoms with E-state index in [1.165, 1.54) is 30.6 Å². The van der Waals surface area contributed by atoms with Crippen LogP contribution in [-0.2, 0) is 19.4 Å². The normalized spacial score (nSPS) is 12.0. The van der Waals surface area contributed by atoms with Gasteiger partial charge in [0.15, 0.2) is 9.84 Å². The highest BCUT2D eigenvalue weighted by molar-refractivity contribution is 7.91. The van der Waals surface area contributed by atoms with E-state index in [1.54, 1.807) is 24.3 Å². The first-order valence-electron chi connectivity index (χ1n) is 8.23. The fraction of sp³-hybridized carbons (Fsp3) is 0.211. The van der Waals surface area contributed by atoms with E-state index in [-0.39, 0.29) is 18.0 Å². The van der Waals surface area contributed by atoms with Gasteiger partial charge in [-0.15, -0.1) is 6.58 Å². The van der Waals surface area contributed by atoms with Crippen molar-refractivity contribution in [2.75, 3.05) is 13.1 Å². The molecule has 1 aromatic heterocycles. The van der Waals surface area contributed by atoms with Crippen LogP contribution in [0.2, 0.25) is 0 Å². The largest absolute Gasteiger partial charge is 0.346 e. The van der Waals surface area contributed by atoms with E-state index < -0.39 is 26.9 Å². The average molecular weight is 387 g/mol. The first-order chi connectivity index (χ1) is 12.9. The molecule has 0 fully saturated rings. The highest BCUT2D eigenvalue weighted by Gasteiger charge is 2.30. The van der Waals surface area contributed by atoms with Crippen LogP contribution < -0.4 is 10.6 Å². The molecule has 0 unspecified atom stereocenters. The third kappa shape index (κ3) is 5.24. The van der Waals surface area contributed by atoms with Crippen molar-refractivity contribution in [2.45, 2.75) is 17.1 Å². The topological polar surface area (TPSA) is 105 Å². The summed E-state index contributed by atoms with van der Waals surface area (Å²) in [5.74, 6) is -1.77. The van der Waals surface area contributed by atoms with Gasteiger partial charge in [0.25, 0.3) is 0 Å². The molecule has 0 aliphatic heterocycles. The maximum absolute atomic E-state index is 13.1. The molecule has 7 nitrogen and oxygen atoms in total. The van der Waals surface area contributed by atoms with Crippen molar-refractivity contribution in [3.05, 3.63) is 72.6 Å². The van der Waals surface area contributed by atoms with Crippen LogP contribution in [-0.4, -0.2) is 38.3 Å². The van der Waals surface area contributed by atoms with Gasteiger partial charge in [0.05, 0.1) is 4.90 Å². The second-order valence-electron chi connectivity index (χ2n) is 5.84. The van der Waals surface area contributed by atoms with E-state index in [0.29, 0.717) is 5.56 Å². The Labute approximate surface area is 158 Å². The fourth-order valence-corrected chi connectivity index (χ4v) is 4.02. The van der Waals surface area contributed by atoms with Crippen molar-refractivity contribution >= 4 is 21.7 Å². The summed E-state index contributed by atoms with van der Waals surface area (Å²) < 4.78 is 26.2. The average Bonchev–Trinajstić information content (AvgIpc) is 2.67. The number of hydrogen-bond donors (Lipinski definition) is 2. The Morgan fingerprint density at radius 1 is 1.15 bits per heavy atom. The molecular weight excluding hydrogens is 366 g/mol. The molecule has 2 amide bonds. The molecule has 1 aromatic carbocycles. The molecule has 0 saturated carbocycles. The Bertz CT molecular complexity index is 910. The molecule has 27 heavy (non-hydrogen) atoms. The van der Waals surface area contributed by atoms with Gasteiger partial charge in [-0.25, -0.2) is 8.42 Å². The molecule has 1 heterocycles. The number of rotatable bonds is 7. The number of nitrogens with zero attached hydrogens (tertiary/aromatic N) is 1. The zero-order valence-corrected chi connectivity index (χ0v) is 15.7. The van der Waals surface area contributed by atoms with Crippen molar-refractivity contribution < 1.29 is 18.0 Å². The minimum atomic E-state index is -3.81. The van der Waals surface area contributed by atoms with E-state index in [0.717, 1.165) is 5.56 Å². The van der Waals surface area contributed by atoms with Crippen molar-refractivity contribution in [1.29, 1.82) is 0 Å². The quantitative estimate of drug-likeness (QED) is 0.551. The van der Waals surface area contributed by atoms with Crippen LogP contribution in [0.1, 0.15) is 16.4 Å². The van der Waals surface area contributed by atoms with Crippen LogP contribution in [0.25, 0.3) is 0 Å². The predicted molar refractivity (Wildman–Crippen MR) is 102 cm³/mol. The van der Waals surface area contributed by atoms with Crippen molar-refractivity contribution in [2.24, 2.45) is 0 Å². The lowest BCUT2D eigenvalue weighted by molar-refractivity contribution is -0.139. The third-order valence-electron chi connectivity index (χ3n) is 3.84. The SMILES string of the molecule is C=CCNC(=O)C(=O)NC[C@H](c1cccnc1)S(=O)(=O)c1ccc(C)cc1. The van der Waals surface area contributed by atoms with Gasteiger partial charge in [0.2, 0.25) is 0 Å². The maximum atomic E-state index is 13.1. The third-order valence-corrected chi connectivity index (χ3v) is 5.96. The summed E-state index contributed by atoms with van der Waals surface area (Å²) in [7, 11) is -3.81. The highest BCUT2D eigenvalue weighted by Crippen LogP contribution is 2.28. The second-order valence-corrected chi connectivity index (χ2v) is 7.97. The number of benzene rings is 1. The number of nitrogens with one attached hydrogen (secondary N) is 2. The zero-order chi connectivity index (χ0) is 19.9. The number of sulfone groups is 1. The number of aryl methyl sites for hydroxylation is 1. The van der Waals surface area contributed by atoms with Crippen LogP contribution in [0.4, 0.5) is 0 Å². The monoisotopic (exact) mass is 387 g/mol. The first-order valence-corrected chi connectivity index (χ1v) is 9.78. The molecule has 142 valence electrons. The molecule has 1 atom stereocenters. The Kier molecular flexibility index (Phi) is 6.84. The van der Waals surface area contributed by atoms with Gasteiger partial charge < -0.3 is 10.6 Å². The van der Waals surface area contributed by atoms with E-state index >= 15 is 0 Å². The van der Waals surface area contributed by atoms with Gasteiger partial charge in [-0.05, 0) is 30.7 Å². The fourth-order valence-electron chi connectivity index (χ4n) is 2.38. The van der Waals surface area contributed by atoms with E-state index in [4.69, 9.17) is 0 Å². The molecule has 0 aliphatic rings. The summed E-state index contributed by atoms with van der Waals surface area (Å²) in [6.45, 7) is 5.18. The lowest BCUT2D eigenvalue weighted by Crippen LogP contribution is -2.42. The van der Waals surface area contributed by atoms with Gasteiger partial charge >= 0.3 is 11.8 Å². The van der Waals surface area contributed by atoms with Crippen LogP contribution in [0.3, 0.4) is 0 Å². The number of carbonyl (C=O) groups excluding carboxylic acids is 2. The zero-order valence-electron chi connectivity index (χ0n) is 14.9. The Balaban J connectivity index is 2.27. The molecule has 0 radical (unpaired) electrons. The van der Waals surface area contributed by atoms with Crippen LogP contribution in [0, 0.1) is 6.92 Å². The molecule has 0 spiro atoms. The molecule has 0 bridgehead atoms. The Hall–Kier alpha value is -3.00. The van der Waals surface area contributed by atoms with Gasteiger partial charge in [-0.3, -0.25) is 14.6 Å². The number of carbonyl (C=O) groups is 2. The van der Waals surface area contributed by atoms with E-state index in [2.05, 4.69) is 22.2 Å². The van der Waals surface area contributed by atoms with Crippen LogP contribution in [0.15, 0.2) is 66.3 Å². The van der Waals surface area contributed by atoms with E-state index in [9.17, 15) is 18.0 Å². The van der Waals surface area contributed by atoms with Gasteiger partial charge in [0.1, 0.15) is 5.25 Å².